The van der Waals surface area contributed by atoms with Gasteiger partial charge in [-0.15, -0.1) is 5.10 Å². The first kappa shape index (κ1) is 15.4. The second-order valence-electron chi connectivity index (χ2n) is 4.98. The van der Waals surface area contributed by atoms with Gasteiger partial charge in [-0.25, -0.2) is 9.07 Å². The van der Waals surface area contributed by atoms with Crippen molar-refractivity contribution in [3.8, 4) is 11.4 Å². The third kappa shape index (κ3) is 2.87. The number of aliphatic carboxylic acids is 1. The molecule has 0 amide bonds. The number of hydrogen-bond donors (Lipinski definition) is 1. The number of tetrazole rings is 1. The van der Waals surface area contributed by atoms with E-state index < -0.39 is 17.2 Å². The number of rotatable bonds is 5. The number of carboxylic acid groups (broad SMARTS) is 1. The van der Waals surface area contributed by atoms with E-state index in [1.807, 2.05) is 0 Å². The maximum Gasteiger partial charge on any atom is 0.311 e. The van der Waals surface area contributed by atoms with E-state index in [2.05, 4.69) is 15.5 Å². The monoisotopic (exact) mass is 312 g/mol. The molecule has 0 radical (unpaired) electrons. The molecule has 0 aliphatic rings. The van der Waals surface area contributed by atoms with E-state index in [0.29, 0.717) is 6.42 Å². The van der Waals surface area contributed by atoms with Gasteiger partial charge in [0.25, 0.3) is 0 Å². The van der Waals surface area contributed by atoms with Gasteiger partial charge >= 0.3 is 5.97 Å². The smallest absolute Gasteiger partial charge is 0.311 e. The number of carbonyl (C=O) groups is 1. The minimum absolute atomic E-state index is 0.0348. The lowest BCUT2D eigenvalue weighted by Gasteiger charge is -2.22. The van der Waals surface area contributed by atoms with Gasteiger partial charge in [-0.2, -0.15) is 0 Å². The van der Waals surface area contributed by atoms with Gasteiger partial charge in [0.05, 0.1) is 22.5 Å². The summed E-state index contributed by atoms with van der Waals surface area (Å²) in [4.78, 5) is 11.4. The Labute approximate surface area is 125 Å². The molecular weight excluding hydrogens is 299 g/mol. The van der Waals surface area contributed by atoms with Crippen molar-refractivity contribution in [1.29, 1.82) is 0 Å². The molecule has 2 rings (SSSR count). The molecule has 1 heterocycles. The summed E-state index contributed by atoms with van der Waals surface area (Å²) in [6.07, 6.45) is 0.389. The van der Waals surface area contributed by atoms with E-state index in [0.717, 1.165) is 0 Å². The van der Waals surface area contributed by atoms with Gasteiger partial charge in [-0.3, -0.25) is 4.79 Å². The van der Waals surface area contributed by atoms with Crippen molar-refractivity contribution in [2.45, 2.75) is 26.8 Å². The predicted molar refractivity (Wildman–Crippen MR) is 74.3 cm³/mol. The molecule has 0 bridgehead atoms. The van der Waals surface area contributed by atoms with Crippen LogP contribution in [0.1, 0.15) is 20.3 Å². The SMILES string of the molecule is CCC(C)(Cn1nnnc1-c1cccc(Cl)c1F)C(=O)O. The van der Waals surface area contributed by atoms with Crippen LogP contribution in [0.2, 0.25) is 5.02 Å². The van der Waals surface area contributed by atoms with Crippen molar-refractivity contribution in [3.63, 3.8) is 0 Å². The van der Waals surface area contributed by atoms with Gasteiger partial charge in [0.1, 0.15) is 0 Å². The van der Waals surface area contributed by atoms with Crippen LogP contribution in [0, 0.1) is 11.2 Å². The lowest BCUT2D eigenvalue weighted by Crippen LogP contribution is -2.32. The van der Waals surface area contributed by atoms with Crippen LogP contribution in [0.4, 0.5) is 4.39 Å². The Morgan fingerprint density at radius 1 is 1.52 bits per heavy atom. The Bertz CT molecular complexity index is 676. The maximum absolute atomic E-state index is 14.1. The molecule has 0 saturated heterocycles. The average molecular weight is 313 g/mol. The molecule has 8 heteroatoms. The zero-order valence-corrected chi connectivity index (χ0v) is 12.3. The van der Waals surface area contributed by atoms with Crippen LogP contribution < -0.4 is 0 Å². The first-order valence-electron chi connectivity index (χ1n) is 6.33. The van der Waals surface area contributed by atoms with Crippen molar-refractivity contribution in [2.24, 2.45) is 5.41 Å². The van der Waals surface area contributed by atoms with E-state index in [1.165, 1.54) is 16.8 Å². The van der Waals surface area contributed by atoms with E-state index in [1.54, 1.807) is 19.9 Å². The van der Waals surface area contributed by atoms with Gasteiger partial charge in [-0.1, -0.05) is 24.6 Å². The highest BCUT2D eigenvalue weighted by molar-refractivity contribution is 6.31. The first-order valence-corrected chi connectivity index (χ1v) is 6.71. The zero-order valence-electron chi connectivity index (χ0n) is 11.5. The Kier molecular flexibility index (Phi) is 4.22. The highest BCUT2D eigenvalue weighted by Gasteiger charge is 2.33. The van der Waals surface area contributed by atoms with Gasteiger partial charge in [-0.05, 0) is 35.9 Å². The molecular formula is C13H14ClFN4O2. The standard InChI is InChI=1S/C13H14ClFN4O2/c1-3-13(2,12(20)21)7-19-11(16-17-18-19)8-5-4-6-9(14)10(8)15/h4-6H,3,7H2,1-2H3,(H,20,21). The molecule has 112 valence electrons. The predicted octanol–water partition coefficient (Wildman–Crippen LogP) is 2.63. The van der Waals surface area contributed by atoms with Gasteiger partial charge < -0.3 is 5.11 Å². The normalized spacial score (nSPS) is 13.9. The molecule has 1 N–H and O–H groups in total. The van der Waals surface area contributed by atoms with Gasteiger partial charge in [0.15, 0.2) is 11.6 Å². The van der Waals surface area contributed by atoms with Gasteiger partial charge in [0, 0.05) is 0 Å². The summed E-state index contributed by atoms with van der Waals surface area (Å²) < 4.78 is 15.3. The fourth-order valence-corrected chi connectivity index (χ4v) is 2.02. The van der Waals surface area contributed by atoms with E-state index in [-0.39, 0.29) is 23.0 Å². The average Bonchev–Trinajstić information content (AvgIpc) is 2.89. The molecule has 1 aromatic carbocycles. The zero-order chi connectivity index (χ0) is 15.6. The van der Waals surface area contributed by atoms with Gasteiger partial charge in [0.2, 0.25) is 0 Å². The number of carboxylic acids is 1. The summed E-state index contributed by atoms with van der Waals surface area (Å²) in [7, 11) is 0. The highest BCUT2D eigenvalue weighted by Crippen LogP contribution is 2.29. The summed E-state index contributed by atoms with van der Waals surface area (Å²) in [6.45, 7) is 3.39. The number of hydrogen-bond acceptors (Lipinski definition) is 4. The Hall–Kier alpha value is -2.02. The van der Waals surface area contributed by atoms with Crippen LogP contribution in [0.25, 0.3) is 11.4 Å². The van der Waals surface area contributed by atoms with Crippen LogP contribution in [-0.2, 0) is 11.3 Å². The molecule has 0 spiro atoms. The molecule has 1 aromatic heterocycles. The Morgan fingerprint density at radius 3 is 2.86 bits per heavy atom. The second-order valence-corrected chi connectivity index (χ2v) is 5.39. The van der Waals surface area contributed by atoms with E-state index in [4.69, 9.17) is 11.6 Å². The fourth-order valence-electron chi connectivity index (χ4n) is 1.84. The lowest BCUT2D eigenvalue weighted by atomic mass is 9.88. The summed E-state index contributed by atoms with van der Waals surface area (Å²) in [6, 6.07) is 4.49. The molecule has 21 heavy (non-hydrogen) atoms. The topological polar surface area (TPSA) is 80.9 Å². The van der Waals surface area contributed by atoms with Crippen molar-refractivity contribution in [1.82, 2.24) is 20.2 Å². The summed E-state index contributed by atoms with van der Waals surface area (Å²) in [5.41, 5.74) is -0.907. The quantitative estimate of drug-likeness (QED) is 0.918. The minimum atomic E-state index is -1.04. The molecule has 0 saturated carbocycles. The largest absolute Gasteiger partial charge is 0.481 e. The first-order chi connectivity index (χ1) is 9.89. The van der Waals surface area contributed by atoms with Crippen LogP contribution in [0.3, 0.4) is 0 Å². The van der Waals surface area contributed by atoms with Crippen molar-refractivity contribution < 1.29 is 14.3 Å². The van der Waals surface area contributed by atoms with Crippen LogP contribution in [0.15, 0.2) is 18.2 Å². The Balaban J connectivity index is 2.44. The minimum Gasteiger partial charge on any atom is -0.481 e. The van der Waals surface area contributed by atoms with Crippen molar-refractivity contribution in [3.05, 3.63) is 29.0 Å². The molecule has 1 unspecified atom stereocenters. The number of nitrogens with zero attached hydrogens (tertiary/aromatic N) is 4. The molecule has 0 aliphatic heterocycles. The third-order valence-corrected chi connectivity index (χ3v) is 3.81. The van der Waals surface area contributed by atoms with Crippen molar-refractivity contribution >= 4 is 17.6 Å². The second kappa shape index (κ2) is 5.77. The number of benzene rings is 1. The summed E-state index contributed by atoms with van der Waals surface area (Å²) >= 11 is 5.75. The van der Waals surface area contributed by atoms with Crippen LogP contribution in [0.5, 0.6) is 0 Å². The summed E-state index contributed by atoms with van der Waals surface area (Å²) in [5.74, 6) is -1.45. The maximum atomic E-state index is 14.1. The van der Waals surface area contributed by atoms with E-state index >= 15 is 0 Å². The Morgan fingerprint density at radius 2 is 2.24 bits per heavy atom. The number of aromatic nitrogens is 4. The summed E-state index contributed by atoms with van der Waals surface area (Å²) in [5, 5.41) is 20.3. The molecule has 0 fully saturated rings. The molecule has 2 aromatic rings. The van der Waals surface area contributed by atoms with E-state index in [9.17, 15) is 14.3 Å². The molecule has 0 aliphatic carbocycles. The molecule has 6 nitrogen and oxygen atoms in total. The highest BCUT2D eigenvalue weighted by atomic mass is 35.5. The fraction of sp³-hybridized carbons (Fsp3) is 0.385. The van der Waals surface area contributed by atoms with Crippen LogP contribution >= 0.6 is 11.6 Å². The molecule has 1 atom stereocenters. The van der Waals surface area contributed by atoms with Crippen LogP contribution in [-0.4, -0.2) is 31.3 Å². The number of halogens is 2. The lowest BCUT2D eigenvalue weighted by molar-refractivity contribution is -0.149. The third-order valence-electron chi connectivity index (χ3n) is 3.52. The van der Waals surface area contributed by atoms with Crippen molar-refractivity contribution in [2.75, 3.05) is 0 Å².